The van der Waals surface area contributed by atoms with Crippen molar-refractivity contribution in [3.63, 3.8) is 0 Å². The molecule has 0 aliphatic heterocycles. The molecule has 1 amide bonds. The van der Waals surface area contributed by atoms with Gasteiger partial charge in [0.1, 0.15) is 0 Å². The molecule has 1 atom stereocenters. The van der Waals surface area contributed by atoms with E-state index in [9.17, 15) is 4.79 Å². The smallest absolute Gasteiger partial charge is 0.224 e. The number of carbonyl (C=O) groups excluding carboxylic acids is 1. The van der Waals surface area contributed by atoms with E-state index in [2.05, 4.69) is 13.8 Å². The van der Waals surface area contributed by atoms with Crippen molar-refractivity contribution in [3.05, 3.63) is 0 Å². The lowest BCUT2D eigenvalue weighted by Crippen LogP contribution is -2.37. The van der Waals surface area contributed by atoms with Crippen molar-refractivity contribution < 1.29 is 4.79 Å². The fourth-order valence-corrected chi connectivity index (χ4v) is 1.95. The average Bonchev–Trinajstić information content (AvgIpc) is 2.97. The van der Waals surface area contributed by atoms with E-state index in [-0.39, 0.29) is 11.9 Å². The van der Waals surface area contributed by atoms with Gasteiger partial charge in [0.25, 0.3) is 0 Å². The van der Waals surface area contributed by atoms with Gasteiger partial charge in [-0.2, -0.15) is 0 Å². The molecule has 2 N–H and O–H groups in total. The molecule has 0 aromatic carbocycles. The number of amides is 1. The average molecular weight is 212 g/mol. The molecule has 0 heterocycles. The molecule has 0 spiro atoms. The Bertz CT molecular complexity index is 202. The fourth-order valence-electron chi connectivity index (χ4n) is 1.95. The molecule has 1 saturated carbocycles. The summed E-state index contributed by atoms with van der Waals surface area (Å²) in [7, 11) is 0. The molecule has 0 saturated heterocycles. The standard InChI is InChI=1S/C12H24N2O/c1-3-5-10(13)9-12(15)14(8-4-2)11-6-7-11/h10-11H,3-9,13H2,1-2H3. The fraction of sp³-hybridized carbons (Fsp3) is 0.917. The maximum absolute atomic E-state index is 11.9. The number of carbonyl (C=O) groups is 1. The van der Waals surface area contributed by atoms with Crippen LogP contribution in [0, 0.1) is 0 Å². The summed E-state index contributed by atoms with van der Waals surface area (Å²) in [5, 5.41) is 0. The zero-order valence-electron chi connectivity index (χ0n) is 10.0. The van der Waals surface area contributed by atoms with E-state index < -0.39 is 0 Å². The van der Waals surface area contributed by atoms with Crippen LogP contribution in [0.5, 0.6) is 0 Å². The quantitative estimate of drug-likeness (QED) is 0.700. The summed E-state index contributed by atoms with van der Waals surface area (Å²) in [6, 6.07) is 0.590. The van der Waals surface area contributed by atoms with Crippen LogP contribution >= 0.6 is 0 Å². The van der Waals surface area contributed by atoms with Gasteiger partial charge >= 0.3 is 0 Å². The number of hydrogen-bond donors (Lipinski definition) is 1. The van der Waals surface area contributed by atoms with Gasteiger partial charge in [0.2, 0.25) is 5.91 Å². The van der Waals surface area contributed by atoms with E-state index in [1.807, 2.05) is 4.90 Å². The van der Waals surface area contributed by atoms with Gasteiger partial charge in [-0.15, -0.1) is 0 Å². The molecule has 1 aliphatic rings. The lowest BCUT2D eigenvalue weighted by molar-refractivity contribution is -0.132. The van der Waals surface area contributed by atoms with E-state index in [1.54, 1.807) is 0 Å². The topological polar surface area (TPSA) is 46.3 Å². The minimum absolute atomic E-state index is 0.0561. The zero-order valence-corrected chi connectivity index (χ0v) is 10.0. The van der Waals surface area contributed by atoms with Gasteiger partial charge < -0.3 is 10.6 Å². The van der Waals surface area contributed by atoms with Crippen LogP contribution in [-0.2, 0) is 4.79 Å². The van der Waals surface area contributed by atoms with Crippen molar-refractivity contribution in [3.8, 4) is 0 Å². The molecule has 3 heteroatoms. The lowest BCUT2D eigenvalue weighted by atomic mass is 10.1. The Morgan fingerprint density at radius 2 is 2.07 bits per heavy atom. The van der Waals surface area contributed by atoms with Gasteiger partial charge in [-0.1, -0.05) is 20.3 Å². The summed E-state index contributed by atoms with van der Waals surface area (Å²) in [5.74, 6) is 0.264. The second kappa shape index (κ2) is 6.11. The van der Waals surface area contributed by atoms with E-state index >= 15 is 0 Å². The first-order chi connectivity index (χ1) is 7.19. The zero-order chi connectivity index (χ0) is 11.3. The van der Waals surface area contributed by atoms with Crippen molar-refractivity contribution in [2.24, 2.45) is 5.73 Å². The van der Waals surface area contributed by atoms with Crippen LogP contribution in [0.2, 0.25) is 0 Å². The number of hydrogen-bond acceptors (Lipinski definition) is 2. The maximum Gasteiger partial charge on any atom is 0.224 e. The van der Waals surface area contributed by atoms with Crippen LogP contribution in [0.15, 0.2) is 0 Å². The van der Waals surface area contributed by atoms with Gasteiger partial charge in [-0.05, 0) is 25.7 Å². The third-order valence-corrected chi connectivity index (χ3v) is 2.87. The molecular formula is C12H24N2O. The van der Waals surface area contributed by atoms with Crippen LogP contribution in [0.1, 0.15) is 52.4 Å². The van der Waals surface area contributed by atoms with Gasteiger partial charge in [0.05, 0.1) is 0 Å². The molecule has 0 radical (unpaired) electrons. The Kier molecular flexibility index (Phi) is 5.09. The molecule has 15 heavy (non-hydrogen) atoms. The molecular weight excluding hydrogens is 188 g/mol. The number of nitrogens with two attached hydrogens (primary N) is 1. The van der Waals surface area contributed by atoms with Crippen molar-refractivity contribution >= 4 is 5.91 Å². The molecule has 1 rings (SSSR count). The molecule has 1 fully saturated rings. The van der Waals surface area contributed by atoms with Gasteiger partial charge in [0.15, 0.2) is 0 Å². The van der Waals surface area contributed by atoms with Gasteiger partial charge in [0, 0.05) is 25.0 Å². The Morgan fingerprint density at radius 3 is 2.53 bits per heavy atom. The monoisotopic (exact) mass is 212 g/mol. The van der Waals surface area contributed by atoms with Crippen LogP contribution in [0.25, 0.3) is 0 Å². The number of rotatable bonds is 7. The van der Waals surface area contributed by atoms with E-state index in [0.29, 0.717) is 12.5 Å². The summed E-state index contributed by atoms with van der Waals surface area (Å²) in [6.45, 7) is 5.13. The Labute approximate surface area is 93.0 Å². The van der Waals surface area contributed by atoms with Crippen LogP contribution in [0.3, 0.4) is 0 Å². The Hall–Kier alpha value is -0.570. The third-order valence-electron chi connectivity index (χ3n) is 2.87. The first kappa shape index (κ1) is 12.5. The SMILES string of the molecule is CCCC(N)CC(=O)N(CCC)C1CC1. The second-order valence-corrected chi connectivity index (χ2v) is 4.57. The molecule has 0 aromatic rings. The minimum atomic E-state index is 0.0561. The molecule has 3 nitrogen and oxygen atoms in total. The highest BCUT2D eigenvalue weighted by atomic mass is 16.2. The first-order valence-corrected chi connectivity index (χ1v) is 6.24. The highest BCUT2D eigenvalue weighted by Crippen LogP contribution is 2.27. The summed E-state index contributed by atoms with van der Waals surface area (Å²) < 4.78 is 0. The lowest BCUT2D eigenvalue weighted by Gasteiger charge is -2.23. The summed E-state index contributed by atoms with van der Waals surface area (Å²) >= 11 is 0. The van der Waals surface area contributed by atoms with E-state index in [0.717, 1.165) is 25.8 Å². The van der Waals surface area contributed by atoms with Crippen LogP contribution < -0.4 is 5.73 Å². The highest BCUT2D eigenvalue weighted by Gasteiger charge is 2.31. The number of nitrogens with zero attached hydrogens (tertiary/aromatic N) is 1. The first-order valence-electron chi connectivity index (χ1n) is 6.24. The maximum atomic E-state index is 11.9. The van der Waals surface area contributed by atoms with E-state index in [4.69, 9.17) is 5.73 Å². The van der Waals surface area contributed by atoms with Crippen molar-refractivity contribution in [1.29, 1.82) is 0 Å². The molecule has 88 valence electrons. The second-order valence-electron chi connectivity index (χ2n) is 4.57. The van der Waals surface area contributed by atoms with Crippen molar-refractivity contribution in [2.45, 2.75) is 64.5 Å². The third kappa shape index (κ3) is 4.20. The van der Waals surface area contributed by atoms with Crippen molar-refractivity contribution in [2.75, 3.05) is 6.54 Å². The largest absolute Gasteiger partial charge is 0.340 e. The predicted molar refractivity (Wildman–Crippen MR) is 62.5 cm³/mol. The van der Waals surface area contributed by atoms with Gasteiger partial charge in [-0.3, -0.25) is 4.79 Å². The van der Waals surface area contributed by atoms with E-state index in [1.165, 1.54) is 12.8 Å². The predicted octanol–water partition coefficient (Wildman–Crippen LogP) is 1.90. The van der Waals surface area contributed by atoms with Crippen molar-refractivity contribution in [1.82, 2.24) is 4.90 Å². The van der Waals surface area contributed by atoms with Crippen LogP contribution in [-0.4, -0.2) is 29.4 Å². The highest BCUT2D eigenvalue weighted by molar-refractivity contribution is 5.77. The summed E-state index contributed by atoms with van der Waals surface area (Å²) in [5.41, 5.74) is 5.89. The Balaban J connectivity index is 2.34. The molecule has 0 aromatic heterocycles. The normalized spacial score (nSPS) is 17.5. The van der Waals surface area contributed by atoms with Crippen LogP contribution in [0.4, 0.5) is 0 Å². The minimum Gasteiger partial charge on any atom is -0.340 e. The molecule has 0 bridgehead atoms. The molecule has 1 unspecified atom stereocenters. The summed E-state index contributed by atoms with van der Waals surface area (Å²) in [4.78, 5) is 14.0. The summed E-state index contributed by atoms with van der Waals surface area (Å²) in [6.07, 6.45) is 5.97. The van der Waals surface area contributed by atoms with Gasteiger partial charge in [-0.25, -0.2) is 0 Å². The molecule has 1 aliphatic carbocycles. The Morgan fingerprint density at radius 1 is 1.40 bits per heavy atom.